The third kappa shape index (κ3) is 1.72. The fourth-order valence-electron chi connectivity index (χ4n) is 7.72. The van der Waals surface area contributed by atoms with Crippen molar-refractivity contribution in [2.24, 2.45) is 35.5 Å². The van der Waals surface area contributed by atoms with Crippen LogP contribution in [-0.2, 0) is 0 Å². The van der Waals surface area contributed by atoms with Crippen molar-refractivity contribution in [1.29, 1.82) is 0 Å². The molecule has 0 aromatic rings. The molecule has 0 aromatic heterocycles. The Morgan fingerprint density at radius 3 is 0.862 bits per heavy atom. The lowest BCUT2D eigenvalue weighted by molar-refractivity contribution is 0.0959. The van der Waals surface area contributed by atoms with Gasteiger partial charge >= 0.3 is 0 Å². The SMILES string of the molecule is ClC1=C(Cl)[C@@]2(Cl)[C@@H]3C4CC([C@H]3[C@@]1(Cl)C2(Cl)Cl)[C@@H]1[C@H]4[C@@]2(Cl)C(Cl)=C(Cl)[C@]1(Cl)C2(Cl)Cl. The molecule has 0 N–H and O–H groups in total. The average molecular weight is 638 g/mol. The maximum absolute atomic E-state index is 7.09. The molecule has 0 aliphatic heterocycles. The van der Waals surface area contributed by atoms with E-state index >= 15 is 0 Å². The van der Waals surface area contributed by atoms with E-state index in [-0.39, 0.29) is 55.6 Å². The molecule has 10 atom stereocenters. The Kier molecular flexibility index (Phi) is 4.39. The highest BCUT2D eigenvalue weighted by Gasteiger charge is 2.94. The van der Waals surface area contributed by atoms with E-state index in [0.717, 1.165) is 0 Å². The van der Waals surface area contributed by atoms with Gasteiger partial charge in [0, 0.05) is 0 Å². The Labute approximate surface area is 227 Å². The third-order valence-corrected chi connectivity index (χ3v) is 17.1. The fraction of sp³-hybridized carbons (Fsp3) is 0.765. The fourth-order valence-corrected chi connectivity index (χ4v) is 14.0. The van der Waals surface area contributed by atoms with Gasteiger partial charge in [0.05, 0.1) is 20.1 Å². The first kappa shape index (κ1) is 22.4. The maximum Gasteiger partial charge on any atom is 0.166 e. The summed E-state index contributed by atoms with van der Waals surface area (Å²) in [4.78, 5) is -5.49. The van der Waals surface area contributed by atoms with Gasteiger partial charge in [-0.25, -0.2) is 0 Å². The van der Waals surface area contributed by atoms with Crippen molar-refractivity contribution in [3.8, 4) is 0 Å². The maximum atomic E-state index is 7.09. The summed E-state index contributed by atoms with van der Waals surface area (Å²) in [6, 6.07) is 0. The number of allylic oxidation sites excluding steroid dienone is 4. The van der Waals surface area contributed by atoms with Crippen molar-refractivity contribution < 1.29 is 0 Å². The van der Waals surface area contributed by atoms with Gasteiger partial charge in [-0.1, -0.05) is 92.8 Å². The van der Waals surface area contributed by atoms with Gasteiger partial charge < -0.3 is 0 Å². The molecule has 0 spiro atoms. The molecular formula is C17H8Cl12. The van der Waals surface area contributed by atoms with Gasteiger partial charge in [0.2, 0.25) is 0 Å². The minimum absolute atomic E-state index is 0.128. The zero-order valence-electron chi connectivity index (χ0n) is 13.7. The van der Waals surface area contributed by atoms with Crippen LogP contribution in [0.25, 0.3) is 0 Å². The first-order chi connectivity index (χ1) is 13.1. The summed E-state index contributed by atoms with van der Waals surface area (Å²) in [6.07, 6.45) is 0.715. The topological polar surface area (TPSA) is 0 Å². The van der Waals surface area contributed by atoms with E-state index in [1.54, 1.807) is 0 Å². The van der Waals surface area contributed by atoms with Crippen molar-refractivity contribution >= 4 is 139 Å². The second-order valence-corrected chi connectivity index (χ2v) is 15.5. The number of hydrogen-bond acceptors (Lipinski definition) is 0. The molecule has 0 heterocycles. The molecule has 6 aliphatic carbocycles. The minimum atomic E-state index is -1.62. The van der Waals surface area contributed by atoms with Gasteiger partial charge in [-0.2, -0.15) is 0 Å². The monoisotopic (exact) mass is 632 g/mol. The predicted molar refractivity (Wildman–Crippen MR) is 126 cm³/mol. The third-order valence-electron chi connectivity index (χ3n) is 8.49. The van der Waals surface area contributed by atoms with Crippen molar-refractivity contribution in [2.75, 3.05) is 0 Å². The second-order valence-electron chi connectivity index (χ2n) is 8.92. The Bertz CT molecular complexity index is 825. The molecule has 6 rings (SSSR count). The molecule has 4 saturated carbocycles. The van der Waals surface area contributed by atoms with Crippen LogP contribution in [0.3, 0.4) is 0 Å². The summed E-state index contributed by atoms with van der Waals surface area (Å²) in [7, 11) is 0. The van der Waals surface area contributed by atoms with Gasteiger partial charge in [0.25, 0.3) is 0 Å². The first-order valence-electron chi connectivity index (χ1n) is 8.74. The van der Waals surface area contributed by atoms with Gasteiger partial charge in [-0.05, 0) is 41.9 Å². The van der Waals surface area contributed by atoms with E-state index in [1.165, 1.54) is 0 Å². The van der Waals surface area contributed by atoms with Crippen molar-refractivity contribution in [2.45, 2.75) is 34.6 Å². The average Bonchev–Trinajstić information content (AvgIpc) is 3.33. The van der Waals surface area contributed by atoms with Crippen LogP contribution in [0.4, 0.5) is 0 Å². The Hall–Kier alpha value is 2.96. The van der Waals surface area contributed by atoms with E-state index in [0.29, 0.717) is 6.42 Å². The molecule has 4 fully saturated rings. The largest absolute Gasteiger partial charge is 0.166 e. The van der Waals surface area contributed by atoms with E-state index in [2.05, 4.69) is 0 Å². The quantitative estimate of drug-likeness (QED) is 0.184. The summed E-state index contributed by atoms with van der Waals surface area (Å²) in [6.45, 7) is 0. The molecule has 2 unspecified atom stereocenters. The minimum Gasteiger partial charge on any atom is -0.109 e. The number of hydrogen-bond donors (Lipinski definition) is 0. The number of halogens is 12. The molecule has 0 nitrogen and oxygen atoms in total. The Balaban J connectivity index is 1.62. The normalized spacial score (nSPS) is 62.5. The molecule has 0 radical (unpaired) electrons. The van der Waals surface area contributed by atoms with Crippen LogP contribution >= 0.6 is 139 Å². The van der Waals surface area contributed by atoms with Crippen molar-refractivity contribution in [3.63, 3.8) is 0 Å². The van der Waals surface area contributed by atoms with Crippen LogP contribution in [0.15, 0.2) is 20.1 Å². The molecule has 160 valence electrons. The first-order valence-corrected chi connectivity index (χ1v) is 13.3. The summed E-state index contributed by atoms with van der Waals surface area (Å²) in [5, 5.41) is 0.671. The van der Waals surface area contributed by atoms with Crippen molar-refractivity contribution in [1.82, 2.24) is 0 Å². The zero-order chi connectivity index (χ0) is 21.5. The van der Waals surface area contributed by atoms with Crippen LogP contribution in [0, 0.1) is 35.5 Å². The van der Waals surface area contributed by atoms with Gasteiger partial charge in [0.15, 0.2) is 8.67 Å². The summed E-state index contributed by atoms with van der Waals surface area (Å²) in [5.41, 5.74) is 0. The highest BCUT2D eigenvalue weighted by molar-refractivity contribution is 6.67. The molecule has 0 aromatic carbocycles. The number of fused-ring (bicyclic) bond motifs is 16. The predicted octanol–water partition coefficient (Wildman–Crippen LogP) is 8.79. The van der Waals surface area contributed by atoms with Crippen molar-refractivity contribution in [3.05, 3.63) is 20.1 Å². The Morgan fingerprint density at radius 1 is 0.448 bits per heavy atom. The highest BCUT2D eigenvalue weighted by atomic mass is 35.5. The van der Waals surface area contributed by atoms with E-state index in [4.69, 9.17) is 139 Å². The van der Waals surface area contributed by atoms with Crippen LogP contribution in [0.1, 0.15) is 6.42 Å². The smallest absolute Gasteiger partial charge is 0.109 e. The van der Waals surface area contributed by atoms with Crippen LogP contribution in [0.2, 0.25) is 0 Å². The van der Waals surface area contributed by atoms with Gasteiger partial charge in [-0.15, -0.1) is 46.4 Å². The molecule has 0 saturated heterocycles. The molecule has 12 heteroatoms. The lowest BCUT2D eigenvalue weighted by Gasteiger charge is -2.49. The van der Waals surface area contributed by atoms with Crippen LogP contribution in [0.5, 0.6) is 0 Å². The highest BCUT2D eigenvalue weighted by Crippen LogP contribution is 2.90. The number of rotatable bonds is 0. The molecule has 29 heavy (non-hydrogen) atoms. The molecule has 0 amide bonds. The molecule has 6 bridgehead atoms. The lowest BCUT2D eigenvalue weighted by atomic mass is 9.61. The summed E-state index contributed by atoms with van der Waals surface area (Å²) < 4.78 is -3.25. The van der Waals surface area contributed by atoms with E-state index in [1.807, 2.05) is 0 Å². The number of alkyl halides is 8. The standard InChI is InChI=1S/C17H8Cl12/c18-8-10(20)14(24)6-3-1-2(4(6)12(8,22)16(14,26)27)5-7(3)15(25)11(21)9(19)13(5,23)17(15,28)29/h2-7H,1H2/t2?,3?,4-,5-,6-,7+,12+,13+,14+,15-/m1/s1. The Morgan fingerprint density at radius 2 is 0.655 bits per heavy atom. The molecule has 6 aliphatic rings. The second kappa shape index (κ2) is 5.68. The van der Waals surface area contributed by atoms with Crippen LogP contribution in [-0.4, -0.2) is 28.2 Å². The summed E-state index contributed by atoms with van der Waals surface area (Å²) in [5.74, 6) is -1.48. The summed E-state index contributed by atoms with van der Waals surface area (Å²) >= 11 is 81.8. The van der Waals surface area contributed by atoms with Gasteiger partial charge in [0.1, 0.15) is 19.5 Å². The lowest BCUT2D eigenvalue weighted by Crippen LogP contribution is -2.51. The van der Waals surface area contributed by atoms with Crippen LogP contribution < -0.4 is 0 Å². The van der Waals surface area contributed by atoms with Gasteiger partial charge in [-0.3, -0.25) is 0 Å². The zero-order valence-corrected chi connectivity index (χ0v) is 22.8. The van der Waals surface area contributed by atoms with E-state index < -0.39 is 28.2 Å². The molecular weight excluding hydrogens is 630 g/mol. The van der Waals surface area contributed by atoms with E-state index in [9.17, 15) is 0 Å².